The van der Waals surface area contributed by atoms with Crippen LogP contribution in [0.2, 0.25) is 5.02 Å². The van der Waals surface area contributed by atoms with E-state index in [2.05, 4.69) is 4.98 Å². The second-order valence-electron chi connectivity index (χ2n) is 4.77. The minimum absolute atomic E-state index is 0.105. The molecule has 1 aromatic rings. The van der Waals surface area contributed by atoms with Gasteiger partial charge in [0.25, 0.3) is 0 Å². The Balaban J connectivity index is 2.05. The molecule has 0 aliphatic carbocycles. The zero-order chi connectivity index (χ0) is 13.8. The molecule has 0 aromatic carbocycles. The number of ether oxygens (including phenoxy) is 1. The fourth-order valence-electron chi connectivity index (χ4n) is 2.23. The molecule has 0 bridgehead atoms. The molecule has 1 aliphatic heterocycles. The fourth-order valence-corrected chi connectivity index (χ4v) is 2.54. The van der Waals surface area contributed by atoms with Crippen molar-refractivity contribution in [3.8, 4) is 0 Å². The molecular formula is C13H17ClN2O3. The molecule has 1 aromatic heterocycles. The minimum atomic E-state index is -1.02. The molecule has 5 nitrogen and oxygen atoms in total. The lowest BCUT2D eigenvalue weighted by molar-refractivity contribution is 0.0683. The van der Waals surface area contributed by atoms with Gasteiger partial charge in [-0.15, -0.1) is 0 Å². The molecule has 1 N–H and O–H groups in total. The summed E-state index contributed by atoms with van der Waals surface area (Å²) in [5.74, 6) is 0.168. The van der Waals surface area contributed by atoms with Gasteiger partial charge in [-0.05, 0) is 24.8 Å². The van der Waals surface area contributed by atoms with Crippen molar-refractivity contribution in [1.29, 1.82) is 0 Å². The first-order valence-corrected chi connectivity index (χ1v) is 6.63. The number of anilines is 1. The van der Waals surface area contributed by atoms with Gasteiger partial charge in [0.1, 0.15) is 5.82 Å². The number of carbonyl (C=O) groups is 1. The van der Waals surface area contributed by atoms with Crippen molar-refractivity contribution < 1.29 is 14.6 Å². The van der Waals surface area contributed by atoms with Crippen LogP contribution in [0, 0.1) is 5.92 Å². The third-order valence-electron chi connectivity index (χ3n) is 3.30. The molecule has 0 radical (unpaired) electrons. The highest BCUT2D eigenvalue weighted by molar-refractivity contribution is 6.33. The Kier molecular flexibility index (Phi) is 4.61. The number of nitrogens with zero attached hydrogens (tertiary/aromatic N) is 2. The van der Waals surface area contributed by atoms with E-state index in [9.17, 15) is 4.79 Å². The van der Waals surface area contributed by atoms with E-state index in [1.54, 1.807) is 0 Å². The van der Waals surface area contributed by atoms with Gasteiger partial charge in [0, 0.05) is 33.0 Å². The standard InChI is InChI=1S/C13H17ClN2O3/c1-16(8-9-2-4-19-5-3-9)12-11(14)6-10(7-15-12)13(17)18/h6-7,9H,2-5,8H2,1H3,(H,17,18). The molecule has 0 spiro atoms. The largest absolute Gasteiger partial charge is 0.478 e. The average Bonchev–Trinajstić information content (AvgIpc) is 2.39. The van der Waals surface area contributed by atoms with Crippen molar-refractivity contribution in [1.82, 2.24) is 4.98 Å². The molecule has 1 fully saturated rings. The molecule has 6 heteroatoms. The topological polar surface area (TPSA) is 62.7 Å². The number of halogens is 1. The van der Waals surface area contributed by atoms with Crippen LogP contribution < -0.4 is 4.90 Å². The van der Waals surface area contributed by atoms with Crippen LogP contribution in [0.5, 0.6) is 0 Å². The highest BCUT2D eigenvalue weighted by Crippen LogP contribution is 2.25. The summed E-state index contributed by atoms with van der Waals surface area (Å²) in [6, 6.07) is 1.44. The number of aromatic nitrogens is 1. The van der Waals surface area contributed by atoms with E-state index in [0.717, 1.165) is 32.6 Å². The van der Waals surface area contributed by atoms with Crippen molar-refractivity contribution in [2.24, 2.45) is 5.92 Å². The van der Waals surface area contributed by atoms with E-state index in [-0.39, 0.29) is 5.56 Å². The van der Waals surface area contributed by atoms with E-state index >= 15 is 0 Å². The Morgan fingerprint density at radius 2 is 2.26 bits per heavy atom. The van der Waals surface area contributed by atoms with E-state index in [0.29, 0.717) is 16.8 Å². The highest BCUT2D eigenvalue weighted by atomic mass is 35.5. The van der Waals surface area contributed by atoms with Gasteiger partial charge in [-0.25, -0.2) is 9.78 Å². The van der Waals surface area contributed by atoms with Gasteiger partial charge in [0.05, 0.1) is 10.6 Å². The first-order valence-electron chi connectivity index (χ1n) is 6.25. The van der Waals surface area contributed by atoms with Gasteiger partial charge in [0.15, 0.2) is 0 Å². The van der Waals surface area contributed by atoms with Crippen LogP contribution in [0.1, 0.15) is 23.2 Å². The Morgan fingerprint density at radius 3 is 2.84 bits per heavy atom. The number of carboxylic acids is 1. The highest BCUT2D eigenvalue weighted by Gasteiger charge is 2.18. The lowest BCUT2D eigenvalue weighted by atomic mass is 10.00. The van der Waals surface area contributed by atoms with Crippen molar-refractivity contribution in [3.05, 3.63) is 22.8 Å². The maximum Gasteiger partial charge on any atom is 0.337 e. The maximum absolute atomic E-state index is 10.8. The number of hydrogen-bond donors (Lipinski definition) is 1. The normalized spacial score (nSPS) is 16.3. The molecule has 19 heavy (non-hydrogen) atoms. The molecule has 104 valence electrons. The van der Waals surface area contributed by atoms with Crippen molar-refractivity contribution in [3.63, 3.8) is 0 Å². The third kappa shape index (κ3) is 3.58. The summed E-state index contributed by atoms with van der Waals surface area (Å²) in [6.45, 7) is 2.46. The van der Waals surface area contributed by atoms with Crippen LogP contribution in [0.25, 0.3) is 0 Å². The van der Waals surface area contributed by atoms with E-state index in [1.807, 2.05) is 11.9 Å². The maximum atomic E-state index is 10.8. The molecule has 0 atom stereocenters. The van der Waals surface area contributed by atoms with Crippen LogP contribution in [-0.2, 0) is 4.74 Å². The van der Waals surface area contributed by atoms with E-state index in [1.165, 1.54) is 12.3 Å². The molecule has 0 saturated carbocycles. The molecule has 1 saturated heterocycles. The Bertz CT molecular complexity index is 461. The first kappa shape index (κ1) is 14.1. The molecular weight excluding hydrogens is 268 g/mol. The number of rotatable bonds is 4. The lowest BCUT2D eigenvalue weighted by Gasteiger charge is -2.28. The van der Waals surface area contributed by atoms with Gasteiger partial charge < -0.3 is 14.7 Å². The zero-order valence-corrected chi connectivity index (χ0v) is 11.6. The summed E-state index contributed by atoms with van der Waals surface area (Å²) in [5, 5.41) is 9.24. The Morgan fingerprint density at radius 1 is 1.58 bits per heavy atom. The number of aromatic carboxylic acids is 1. The predicted molar refractivity (Wildman–Crippen MR) is 73.0 cm³/mol. The van der Waals surface area contributed by atoms with Crippen LogP contribution in [-0.4, -0.2) is 42.9 Å². The Hall–Kier alpha value is -1.33. The summed E-state index contributed by atoms with van der Waals surface area (Å²) in [6.07, 6.45) is 3.41. The molecule has 2 rings (SSSR count). The van der Waals surface area contributed by atoms with Crippen LogP contribution >= 0.6 is 11.6 Å². The zero-order valence-electron chi connectivity index (χ0n) is 10.8. The number of carboxylic acid groups (broad SMARTS) is 1. The summed E-state index contributed by atoms with van der Waals surface area (Å²) in [5.41, 5.74) is 0.105. The monoisotopic (exact) mass is 284 g/mol. The SMILES string of the molecule is CN(CC1CCOCC1)c1ncc(C(=O)O)cc1Cl. The summed E-state index contributed by atoms with van der Waals surface area (Å²) >= 11 is 6.09. The number of hydrogen-bond acceptors (Lipinski definition) is 4. The first-order chi connectivity index (χ1) is 9.08. The molecule has 1 aliphatic rings. The smallest absolute Gasteiger partial charge is 0.337 e. The summed E-state index contributed by atoms with van der Waals surface area (Å²) in [4.78, 5) is 16.9. The second kappa shape index (κ2) is 6.21. The van der Waals surface area contributed by atoms with E-state index < -0.39 is 5.97 Å². The molecule has 2 heterocycles. The number of pyridine rings is 1. The quantitative estimate of drug-likeness (QED) is 0.919. The third-order valence-corrected chi connectivity index (χ3v) is 3.58. The fraction of sp³-hybridized carbons (Fsp3) is 0.538. The average molecular weight is 285 g/mol. The Labute approximate surface area is 117 Å². The van der Waals surface area contributed by atoms with Crippen LogP contribution in [0.4, 0.5) is 5.82 Å². The van der Waals surface area contributed by atoms with Gasteiger partial charge in [-0.3, -0.25) is 0 Å². The predicted octanol–water partition coefficient (Wildman–Crippen LogP) is 2.30. The minimum Gasteiger partial charge on any atom is -0.478 e. The summed E-state index contributed by atoms with van der Waals surface area (Å²) in [7, 11) is 1.92. The molecule has 0 amide bonds. The van der Waals surface area contributed by atoms with Gasteiger partial charge >= 0.3 is 5.97 Å². The van der Waals surface area contributed by atoms with Gasteiger partial charge in [0.2, 0.25) is 0 Å². The van der Waals surface area contributed by atoms with Crippen molar-refractivity contribution >= 4 is 23.4 Å². The van der Waals surface area contributed by atoms with Gasteiger partial charge in [-0.2, -0.15) is 0 Å². The summed E-state index contributed by atoms with van der Waals surface area (Å²) < 4.78 is 5.33. The van der Waals surface area contributed by atoms with E-state index in [4.69, 9.17) is 21.4 Å². The van der Waals surface area contributed by atoms with Crippen LogP contribution in [0.3, 0.4) is 0 Å². The van der Waals surface area contributed by atoms with Crippen molar-refractivity contribution in [2.75, 3.05) is 31.7 Å². The van der Waals surface area contributed by atoms with Crippen LogP contribution in [0.15, 0.2) is 12.3 Å². The lowest BCUT2D eigenvalue weighted by Crippen LogP contribution is -2.30. The second-order valence-corrected chi connectivity index (χ2v) is 5.18. The van der Waals surface area contributed by atoms with Crippen molar-refractivity contribution in [2.45, 2.75) is 12.8 Å². The molecule has 0 unspecified atom stereocenters. The van der Waals surface area contributed by atoms with Gasteiger partial charge in [-0.1, -0.05) is 11.6 Å².